The fraction of sp³-hybridized carbons (Fsp3) is 0.300. The van der Waals surface area contributed by atoms with Crippen LogP contribution in [0.5, 0.6) is 5.75 Å². The molecule has 4 nitrogen and oxygen atoms in total. The van der Waals surface area contributed by atoms with Gasteiger partial charge in [0.25, 0.3) is 0 Å². The molecule has 1 aliphatic heterocycles. The number of ether oxygens (including phenoxy) is 1. The van der Waals surface area contributed by atoms with Crippen molar-refractivity contribution < 1.29 is 27.8 Å². The van der Waals surface area contributed by atoms with E-state index in [9.17, 15) is 18.0 Å². The highest BCUT2D eigenvalue weighted by molar-refractivity contribution is 5.66. The average Bonchev–Trinajstić information content (AvgIpc) is 2.17. The molecule has 0 saturated carbocycles. The second-order valence-corrected chi connectivity index (χ2v) is 3.62. The smallest absolute Gasteiger partial charge is 0.407 e. The molecule has 7 heteroatoms. The predicted octanol–water partition coefficient (Wildman–Crippen LogP) is 1.84. The zero-order chi connectivity index (χ0) is 12.6. The SMILES string of the molecule is O=C(O)N1CC(Oc2cc(F)c(F)cc2F)C1. The third-order valence-corrected chi connectivity index (χ3v) is 2.39. The maximum Gasteiger partial charge on any atom is 0.407 e. The lowest BCUT2D eigenvalue weighted by Crippen LogP contribution is -2.55. The Bertz CT molecular complexity index is 460. The molecular weight excluding hydrogens is 239 g/mol. The molecule has 1 fully saturated rings. The van der Waals surface area contributed by atoms with Crippen LogP contribution in [-0.2, 0) is 0 Å². The van der Waals surface area contributed by atoms with Gasteiger partial charge < -0.3 is 14.7 Å². The first-order chi connectivity index (χ1) is 7.97. The predicted molar refractivity (Wildman–Crippen MR) is 50.3 cm³/mol. The summed E-state index contributed by atoms with van der Waals surface area (Å²) in [4.78, 5) is 11.5. The second kappa shape index (κ2) is 4.15. The van der Waals surface area contributed by atoms with Crippen LogP contribution in [-0.4, -0.2) is 35.3 Å². The molecule has 2 rings (SSSR count). The molecule has 92 valence electrons. The van der Waals surface area contributed by atoms with Gasteiger partial charge in [-0.25, -0.2) is 18.0 Å². The second-order valence-electron chi connectivity index (χ2n) is 3.62. The van der Waals surface area contributed by atoms with Gasteiger partial charge in [-0.3, -0.25) is 0 Å². The van der Waals surface area contributed by atoms with E-state index < -0.39 is 35.4 Å². The highest BCUT2D eigenvalue weighted by atomic mass is 19.2. The van der Waals surface area contributed by atoms with E-state index in [2.05, 4.69) is 0 Å². The number of halogens is 3. The number of hydrogen-bond donors (Lipinski definition) is 1. The van der Waals surface area contributed by atoms with Gasteiger partial charge in [0.2, 0.25) is 0 Å². The van der Waals surface area contributed by atoms with Crippen LogP contribution in [0.2, 0.25) is 0 Å². The molecule has 1 aromatic rings. The van der Waals surface area contributed by atoms with Crippen LogP contribution in [0.15, 0.2) is 12.1 Å². The molecular formula is C10H8F3NO3. The largest absolute Gasteiger partial charge is 0.484 e. The normalized spacial score (nSPS) is 15.6. The van der Waals surface area contributed by atoms with Crippen molar-refractivity contribution in [3.63, 3.8) is 0 Å². The zero-order valence-electron chi connectivity index (χ0n) is 8.49. The summed E-state index contributed by atoms with van der Waals surface area (Å²) in [5.41, 5.74) is 0. The van der Waals surface area contributed by atoms with Gasteiger partial charge in [-0.05, 0) is 0 Å². The van der Waals surface area contributed by atoms with Crippen LogP contribution in [0.1, 0.15) is 0 Å². The van der Waals surface area contributed by atoms with E-state index in [0.29, 0.717) is 12.1 Å². The van der Waals surface area contributed by atoms with E-state index in [1.807, 2.05) is 0 Å². The van der Waals surface area contributed by atoms with Gasteiger partial charge in [0.15, 0.2) is 23.2 Å². The number of amides is 1. The number of hydrogen-bond acceptors (Lipinski definition) is 2. The van der Waals surface area contributed by atoms with E-state index in [0.717, 1.165) is 4.90 Å². The van der Waals surface area contributed by atoms with E-state index in [1.165, 1.54) is 0 Å². The van der Waals surface area contributed by atoms with Crippen LogP contribution >= 0.6 is 0 Å². The van der Waals surface area contributed by atoms with E-state index >= 15 is 0 Å². The number of carboxylic acid groups (broad SMARTS) is 1. The summed E-state index contributed by atoms with van der Waals surface area (Å²) in [6.45, 7) is 0.154. The third kappa shape index (κ3) is 2.27. The monoisotopic (exact) mass is 247 g/mol. The Kier molecular flexibility index (Phi) is 2.83. The van der Waals surface area contributed by atoms with Gasteiger partial charge in [-0.1, -0.05) is 0 Å². The van der Waals surface area contributed by atoms with Crippen molar-refractivity contribution in [2.24, 2.45) is 0 Å². The topological polar surface area (TPSA) is 49.8 Å². The van der Waals surface area contributed by atoms with Crippen molar-refractivity contribution in [3.8, 4) is 5.75 Å². The maximum atomic E-state index is 13.1. The van der Waals surface area contributed by atoms with Gasteiger partial charge in [0.05, 0.1) is 13.1 Å². The Morgan fingerprint density at radius 1 is 1.24 bits per heavy atom. The quantitative estimate of drug-likeness (QED) is 0.811. The minimum absolute atomic E-state index is 0.0772. The van der Waals surface area contributed by atoms with Crippen LogP contribution in [0.4, 0.5) is 18.0 Å². The molecule has 0 spiro atoms. The molecule has 1 saturated heterocycles. The fourth-order valence-electron chi connectivity index (χ4n) is 1.44. The minimum Gasteiger partial charge on any atom is -0.484 e. The standard InChI is InChI=1S/C10H8F3NO3/c11-6-1-8(13)9(2-7(6)12)17-5-3-14(4-5)10(15)16/h1-2,5H,3-4H2,(H,15,16). The number of nitrogens with zero attached hydrogens (tertiary/aromatic N) is 1. The van der Waals surface area contributed by atoms with E-state index in [-0.39, 0.29) is 13.1 Å². The van der Waals surface area contributed by atoms with Crippen LogP contribution in [0, 0.1) is 17.5 Å². The Morgan fingerprint density at radius 2 is 1.82 bits per heavy atom. The van der Waals surface area contributed by atoms with Crippen LogP contribution < -0.4 is 4.74 Å². The Labute approximate surface area is 94.2 Å². The minimum atomic E-state index is -1.30. The average molecular weight is 247 g/mol. The van der Waals surface area contributed by atoms with E-state index in [4.69, 9.17) is 9.84 Å². The summed E-state index contributed by atoms with van der Waals surface area (Å²) in [6.07, 6.45) is -1.64. The molecule has 1 aliphatic rings. The maximum absolute atomic E-state index is 13.1. The number of rotatable bonds is 2. The summed E-state index contributed by atoms with van der Waals surface area (Å²) in [6, 6.07) is 0.992. The van der Waals surface area contributed by atoms with Crippen molar-refractivity contribution in [1.82, 2.24) is 4.90 Å². The highest BCUT2D eigenvalue weighted by Gasteiger charge is 2.32. The van der Waals surface area contributed by atoms with Gasteiger partial charge in [-0.2, -0.15) is 0 Å². The molecule has 1 N–H and O–H groups in total. The van der Waals surface area contributed by atoms with Crippen LogP contribution in [0.25, 0.3) is 0 Å². The highest BCUT2D eigenvalue weighted by Crippen LogP contribution is 2.24. The molecule has 0 aliphatic carbocycles. The fourth-order valence-corrected chi connectivity index (χ4v) is 1.44. The summed E-state index contributed by atoms with van der Waals surface area (Å²) in [7, 11) is 0. The number of carbonyl (C=O) groups is 1. The first-order valence-corrected chi connectivity index (χ1v) is 4.76. The molecule has 17 heavy (non-hydrogen) atoms. The summed E-state index contributed by atoms with van der Waals surface area (Å²) >= 11 is 0. The van der Waals surface area contributed by atoms with Crippen molar-refractivity contribution in [2.45, 2.75) is 6.10 Å². The van der Waals surface area contributed by atoms with Gasteiger partial charge in [0.1, 0.15) is 6.10 Å². The van der Waals surface area contributed by atoms with Crippen molar-refractivity contribution in [2.75, 3.05) is 13.1 Å². The first-order valence-electron chi connectivity index (χ1n) is 4.76. The Morgan fingerprint density at radius 3 is 2.41 bits per heavy atom. The molecule has 1 amide bonds. The first kappa shape index (κ1) is 11.6. The Balaban J connectivity index is 2.01. The lowest BCUT2D eigenvalue weighted by Gasteiger charge is -2.36. The zero-order valence-corrected chi connectivity index (χ0v) is 8.49. The van der Waals surface area contributed by atoms with E-state index in [1.54, 1.807) is 0 Å². The molecule has 0 bridgehead atoms. The molecule has 1 aromatic carbocycles. The van der Waals surface area contributed by atoms with Gasteiger partial charge >= 0.3 is 6.09 Å². The molecule has 0 aromatic heterocycles. The Hall–Kier alpha value is -1.92. The van der Waals surface area contributed by atoms with Crippen LogP contribution in [0.3, 0.4) is 0 Å². The van der Waals surface area contributed by atoms with Gasteiger partial charge in [0, 0.05) is 12.1 Å². The lowest BCUT2D eigenvalue weighted by atomic mass is 10.2. The molecule has 0 radical (unpaired) electrons. The summed E-state index contributed by atoms with van der Waals surface area (Å²) < 4.78 is 43.6. The van der Waals surface area contributed by atoms with Gasteiger partial charge in [-0.15, -0.1) is 0 Å². The number of benzene rings is 1. The van der Waals surface area contributed by atoms with Crippen molar-refractivity contribution in [3.05, 3.63) is 29.6 Å². The summed E-state index contributed by atoms with van der Waals surface area (Å²) in [5.74, 6) is -3.94. The molecule has 1 heterocycles. The summed E-state index contributed by atoms with van der Waals surface area (Å²) in [5, 5.41) is 8.54. The molecule has 0 atom stereocenters. The third-order valence-electron chi connectivity index (χ3n) is 2.39. The van der Waals surface area contributed by atoms with Crippen molar-refractivity contribution in [1.29, 1.82) is 0 Å². The number of likely N-dealkylation sites (tertiary alicyclic amines) is 1. The lowest BCUT2D eigenvalue weighted by molar-refractivity contribution is 0.0229. The molecule has 0 unspecified atom stereocenters. The van der Waals surface area contributed by atoms with Crippen molar-refractivity contribution >= 4 is 6.09 Å².